The van der Waals surface area contributed by atoms with Gasteiger partial charge >= 0.3 is 10.4 Å². The van der Waals surface area contributed by atoms with Crippen molar-refractivity contribution in [3.8, 4) is 0 Å². The van der Waals surface area contributed by atoms with Gasteiger partial charge in [0.05, 0.1) is 32.5 Å². The fourth-order valence-corrected chi connectivity index (χ4v) is 4.80. The Labute approximate surface area is 233 Å². The van der Waals surface area contributed by atoms with Crippen molar-refractivity contribution in [2.45, 2.75) is 92.7 Å². The van der Waals surface area contributed by atoms with E-state index in [9.17, 15) is 64.3 Å². The molecule has 0 radical (unpaired) electrons. The van der Waals surface area contributed by atoms with Crippen molar-refractivity contribution in [1.82, 2.24) is 5.32 Å². The molecule has 2 aliphatic heterocycles. The average Bonchev–Trinajstić information content (AvgIpc) is 2.91. The molecule has 12 N–H and O–H groups in total. The number of nitrogens with one attached hydrogen (secondary N) is 1. The van der Waals surface area contributed by atoms with Crippen molar-refractivity contribution in [2.75, 3.05) is 26.4 Å². The Hall–Kier alpha value is -1.22. The standard InChI is InChI=1S/C20H37NO19S/c1-6(26)21-7(2-22)16(11(28)8(27)3-23)38-19-14(31)13(30)17(10(5-25)37-19)39-20-15(32)18(40-41(33,34)35)12(29)9(4-24)36-20/h7-20,22-25,27-32H,2-5H2,1H3,(H,21,26)(H,33,34,35)/t7-,8+,9+,10+,11-,12-,13+,14+,15+,16+,17-,18-,19-,20-/m0/s1. The van der Waals surface area contributed by atoms with Gasteiger partial charge in [0, 0.05) is 6.92 Å². The van der Waals surface area contributed by atoms with Crippen LogP contribution in [0.15, 0.2) is 0 Å². The molecular formula is C20H37NO19S. The van der Waals surface area contributed by atoms with Gasteiger partial charge in [-0.05, 0) is 0 Å². The Morgan fingerprint density at radius 1 is 0.854 bits per heavy atom. The van der Waals surface area contributed by atoms with E-state index in [4.69, 9.17) is 23.5 Å². The minimum Gasteiger partial charge on any atom is -0.394 e. The first-order valence-corrected chi connectivity index (χ1v) is 13.5. The first-order valence-electron chi connectivity index (χ1n) is 12.2. The molecule has 0 aromatic carbocycles. The van der Waals surface area contributed by atoms with E-state index < -0.39 is 128 Å². The predicted octanol–water partition coefficient (Wildman–Crippen LogP) is -7.97. The van der Waals surface area contributed by atoms with E-state index in [1.807, 2.05) is 0 Å². The van der Waals surface area contributed by atoms with E-state index in [0.29, 0.717) is 0 Å². The van der Waals surface area contributed by atoms with Crippen LogP contribution in [-0.2, 0) is 38.3 Å². The largest absolute Gasteiger partial charge is 0.397 e. The van der Waals surface area contributed by atoms with Gasteiger partial charge in [0.15, 0.2) is 12.6 Å². The predicted molar refractivity (Wildman–Crippen MR) is 125 cm³/mol. The number of hydrogen-bond donors (Lipinski definition) is 12. The summed E-state index contributed by atoms with van der Waals surface area (Å²) >= 11 is 0. The summed E-state index contributed by atoms with van der Waals surface area (Å²) in [6.07, 6.45) is -25.2. The molecule has 20 nitrogen and oxygen atoms in total. The van der Waals surface area contributed by atoms with Crippen molar-refractivity contribution >= 4 is 16.3 Å². The molecule has 14 atom stereocenters. The molecule has 2 heterocycles. The van der Waals surface area contributed by atoms with Gasteiger partial charge in [0.2, 0.25) is 5.91 Å². The zero-order valence-electron chi connectivity index (χ0n) is 21.5. The number of hydrogen-bond acceptors (Lipinski definition) is 18. The molecule has 0 unspecified atom stereocenters. The lowest BCUT2D eigenvalue weighted by atomic mass is 9.96. The van der Waals surface area contributed by atoms with E-state index >= 15 is 0 Å². The zero-order valence-corrected chi connectivity index (χ0v) is 22.3. The number of aliphatic hydroxyl groups excluding tert-OH is 10. The summed E-state index contributed by atoms with van der Waals surface area (Å²) in [5, 5.41) is 103. The third kappa shape index (κ3) is 9.14. The van der Waals surface area contributed by atoms with Crippen LogP contribution in [0.3, 0.4) is 0 Å². The summed E-state index contributed by atoms with van der Waals surface area (Å²) < 4.78 is 57.1. The minimum absolute atomic E-state index is 0.705. The lowest BCUT2D eigenvalue weighted by Gasteiger charge is -2.47. The van der Waals surface area contributed by atoms with Crippen LogP contribution in [0.1, 0.15) is 6.92 Å². The van der Waals surface area contributed by atoms with Gasteiger partial charge in [0.1, 0.15) is 67.1 Å². The second-order valence-corrected chi connectivity index (χ2v) is 10.4. The average molecular weight is 628 g/mol. The van der Waals surface area contributed by atoms with Gasteiger partial charge in [0.25, 0.3) is 0 Å². The molecular weight excluding hydrogens is 590 g/mol. The summed E-state index contributed by atoms with van der Waals surface area (Å²) in [6, 6.07) is -1.44. The molecule has 0 aliphatic carbocycles. The van der Waals surface area contributed by atoms with E-state index in [0.717, 1.165) is 6.92 Å². The molecule has 0 saturated carbocycles. The maximum Gasteiger partial charge on any atom is 0.397 e. The van der Waals surface area contributed by atoms with Crippen molar-refractivity contribution < 1.29 is 92.0 Å². The molecule has 1 amide bonds. The van der Waals surface area contributed by atoms with Crippen LogP contribution in [-0.4, -0.2) is 182 Å². The highest BCUT2D eigenvalue weighted by atomic mass is 32.3. The van der Waals surface area contributed by atoms with E-state index in [1.165, 1.54) is 0 Å². The Morgan fingerprint density at radius 2 is 1.44 bits per heavy atom. The number of amides is 1. The molecule has 0 aromatic heterocycles. The summed E-state index contributed by atoms with van der Waals surface area (Å²) in [5.74, 6) is -0.705. The Kier molecular flexibility index (Phi) is 13.6. The first-order chi connectivity index (χ1) is 19.1. The minimum atomic E-state index is -5.25. The quantitative estimate of drug-likeness (QED) is 0.0795. The van der Waals surface area contributed by atoms with Gasteiger partial charge in [-0.1, -0.05) is 0 Å². The third-order valence-electron chi connectivity index (χ3n) is 6.36. The smallest absolute Gasteiger partial charge is 0.394 e. The molecule has 0 aromatic rings. The third-order valence-corrected chi connectivity index (χ3v) is 6.82. The zero-order chi connectivity index (χ0) is 31.2. The van der Waals surface area contributed by atoms with Crippen LogP contribution < -0.4 is 5.32 Å². The van der Waals surface area contributed by atoms with E-state index in [2.05, 4.69) is 9.50 Å². The van der Waals surface area contributed by atoms with Crippen molar-refractivity contribution in [1.29, 1.82) is 0 Å². The Bertz CT molecular complexity index is 924. The normalized spacial score (nSPS) is 37.7. The van der Waals surface area contributed by atoms with Gasteiger partial charge in [-0.3, -0.25) is 9.35 Å². The second-order valence-electron chi connectivity index (χ2n) is 9.33. The summed E-state index contributed by atoms with van der Waals surface area (Å²) in [7, 11) is -5.25. The second kappa shape index (κ2) is 15.5. The van der Waals surface area contributed by atoms with Crippen molar-refractivity contribution in [2.24, 2.45) is 0 Å². The van der Waals surface area contributed by atoms with Crippen LogP contribution in [0.5, 0.6) is 0 Å². The molecule has 2 saturated heterocycles. The summed E-state index contributed by atoms with van der Waals surface area (Å²) in [5.41, 5.74) is 0. The fraction of sp³-hybridized carbons (Fsp3) is 0.950. The molecule has 0 spiro atoms. The van der Waals surface area contributed by atoms with Crippen LogP contribution in [0.25, 0.3) is 0 Å². The number of aliphatic hydroxyl groups is 10. The van der Waals surface area contributed by atoms with Crippen LogP contribution in [0.4, 0.5) is 0 Å². The van der Waals surface area contributed by atoms with Gasteiger partial charge in [-0.25, -0.2) is 4.18 Å². The molecule has 41 heavy (non-hydrogen) atoms. The highest BCUT2D eigenvalue weighted by Gasteiger charge is 2.53. The Balaban J connectivity index is 2.29. The van der Waals surface area contributed by atoms with Gasteiger partial charge in [-0.2, -0.15) is 8.42 Å². The SMILES string of the molecule is CC(=O)N[C@@H](CO)[C@@H](O[C@@H]1O[C@H](CO)[C@H](O[C@@H]2O[C@H](CO)[C@H](O)[C@H](OS(=O)(=O)O)[C@H]2O)[C@H](O)[C@H]1O)[C@@H](O)[C@H](O)CO. The van der Waals surface area contributed by atoms with Gasteiger partial charge in [-0.15, -0.1) is 0 Å². The highest BCUT2D eigenvalue weighted by Crippen LogP contribution is 2.31. The monoisotopic (exact) mass is 627 g/mol. The fourth-order valence-electron chi connectivity index (χ4n) is 4.30. The number of rotatable bonds is 14. The van der Waals surface area contributed by atoms with E-state index in [-0.39, 0.29) is 0 Å². The topological polar surface area (TPSA) is 332 Å². The van der Waals surface area contributed by atoms with Crippen molar-refractivity contribution in [3.05, 3.63) is 0 Å². The first kappa shape index (κ1) is 36.0. The molecule has 2 aliphatic rings. The summed E-state index contributed by atoms with van der Waals surface area (Å²) in [4.78, 5) is 11.5. The molecule has 21 heteroatoms. The van der Waals surface area contributed by atoms with E-state index in [1.54, 1.807) is 0 Å². The summed E-state index contributed by atoms with van der Waals surface area (Å²) in [6.45, 7) is -2.74. The van der Waals surface area contributed by atoms with Crippen molar-refractivity contribution in [3.63, 3.8) is 0 Å². The van der Waals surface area contributed by atoms with Crippen LogP contribution in [0, 0.1) is 0 Å². The Morgan fingerprint density at radius 3 is 1.93 bits per heavy atom. The number of carbonyl (C=O) groups is 1. The number of ether oxygens (including phenoxy) is 4. The lowest BCUT2D eigenvalue weighted by molar-refractivity contribution is -0.365. The maximum absolute atomic E-state index is 11.5. The molecule has 0 bridgehead atoms. The van der Waals surface area contributed by atoms with Crippen LogP contribution >= 0.6 is 0 Å². The highest BCUT2D eigenvalue weighted by molar-refractivity contribution is 7.80. The molecule has 2 rings (SSSR count). The van der Waals surface area contributed by atoms with Crippen LogP contribution in [0.2, 0.25) is 0 Å². The van der Waals surface area contributed by atoms with Gasteiger partial charge < -0.3 is 75.3 Å². The molecule has 2 fully saturated rings. The molecule has 242 valence electrons. The lowest BCUT2D eigenvalue weighted by Crippen LogP contribution is -2.66. The number of carbonyl (C=O) groups excluding carboxylic acids is 1. The maximum atomic E-state index is 11.5.